The summed E-state index contributed by atoms with van der Waals surface area (Å²) in [6.45, 7) is 2.00. The molecule has 110 valence electrons. The van der Waals surface area contributed by atoms with Crippen LogP contribution in [0.5, 0.6) is 5.75 Å². The van der Waals surface area contributed by atoms with E-state index in [0.717, 1.165) is 27.0 Å². The molecule has 0 heterocycles. The lowest BCUT2D eigenvalue weighted by atomic mass is 10.1. The summed E-state index contributed by atoms with van der Waals surface area (Å²) < 4.78 is 6.15. The summed E-state index contributed by atoms with van der Waals surface area (Å²) in [6, 6.07) is 13.6. The van der Waals surface area contributed by atoms with Crippen LogP contribution in [0.15, 0.2) is 46.9 Å². The minimum atomic E-state index is 0.0209. The van der Waals surface area contributed by atoms with Gasteiger partial charge in [-0.25, -0.2) is 0 Å². The fraction of sp³-hybridized carbons (Fsp3) is 0.235. The van der Waals surface area contributed by atoms with Gasteiger partial charge in [-0.3, -0.25) is 4.79 Å². The fourth-order valence-corrected chi connectivity index (χ4v) is 2.24. The number of rotatable bonds is 5. The highest BCUT2D eigenvalue weighted by molar-refractivity contribution is 9.10. The minimum absolute atomic E-state index is 0.0209. The van der Waals surface area contributed by atoms with Crippen LogP contribution in [-0.4, -0.2) is 13.0 Å². The highest BCUT2D eigenvalue weighted by atomic mass is 79.9. The number of methoxy groups -OCH3 is 1. The van der Waals surface area contributed by atoms with Gasteiger partial charge in [-0.1, -0.05) is 28.1 Å². The molecule has 1 amide bonds. The van der Waals surface area contributed by atoms with Gasteiger partial charge in [0.2, 0.25) is 5.91 Å². The molecule has 0 bridgehead atoms. The lowest BCUT2D eigenvalue weighted by Gasteiger charge is -2.07. The van der Waals surface area contributed by atoms with Crippen LogP contribution in [-0.2, 0) is 11.2 Å². The first kappa shape index (κ1) is 15.6. The molecule has 1 N–H and O–H groups in total. The van der Waals surface area contributed by atoms with Gasteiger partial charge in [0, 0.05) is 16.6 Å². The van der Waals surface area contributed by atoms with Crippen LogP contribution in [0.1, 0.15) is 17.5 Å². The minimum Gasteiger partial charge on any atom is -0.497 e. The highest BCUT2D eigenvalue weighted by Crippen LogP contribution is 2.20. The number of benzene rings is 2. The van der Waals surface area contributed by atoms with E-state index >= 15 is 0 Å². The standard InChI is InChI=1S/C17H18BrNO2/c1-12-11-14(6-9-16(12)18)19-17(20)10-5-13-3-7-15(21-2)8-4-13/h3-4,6-9,11H,5,10H2,1-2H3,(H,19,20). The molecule has 0 aromatic heterocycles. The summed E-state index contributed by atoms with van der Waals surface area (Å²) in [6.07, 6.45) is 1.17. The second kappa shape index (κ2) is 7.27. The second-order valence-corrected chi connectivity index (χ2v) is 5.71. The molecule has 2 rings (SSSR count). The van der Waals surface area contributed by atoms with Crippen molar-refractivity contribution >= 4 is 27.5 Å². The smallest absolute Gasteiger partial charge is 0.224 e. The average molecular weight is 348 g/mol. The number of halogens is 1. The Morgan fingerprint density at radius 2 is 1.90 bits per heavy atom. The summed E-state index contributed by atoms with van der Waals surface area (Å²) in [5.74, 6) is 0.848. The number of carbonyl (C=O) groups excluding carboxylic acids is 1. The molecule has 3 nitrogen and oxygen atoms in total. The number of carbonyl (C=O) groups is 1. The molecule has 0 saturated heterocycles. The maximum atomic E-state index is 12.0. The molecule has 0 aliphatic carbocycles. The summed E-state index contributed by atoms with van der Waals surface area (Å²) in [5, 5.41) is 2.92. The number of ether oxygens (including phenoxy) is 1. The Kier molecular flexibility index (Phi) is 5.39. The van der Waals surface area contributed by atoms with Crippen LogP contribution in [0.3, 0.4) is 0 Å². The normalized spacial score (nSPS) is 10.2. The van der Waals surface area contributed by atoms with Crippen LogP contribution >= 0.6 is 15.9 Å². The Labute approximate surface area is 133 Å². The zero-order valence-electron chi connectivity index (χ0n) is 12.2. The molecular formula is C17H18BrNO2. The third-order valence-electron chi connectivity index (χ3n) is 3.24. The SMILES string of the molecule is COc1ccc(CCC(=O)Nc2ccc(Br)c(C)c2)cc1. The molecule has 4 heteroatoms. The lowest BCUT2D eigenvalue weighted by Crippen LogP contribution is -2.12. The Bertz CT molecular complexity index is 623. The zero-order chi connectivity index (χ0) is 15.2. The van der Waals surface area contributed by atoms with Crippen molar-refractivity contribution in [3.63, 3.8) is 0 Å². The summed E-state index contributed by atoms with van der Waals surface area (Å²) in [5.41, 5.74) is 3.05. The Balaban J connectivity index is 1.87. The quantitative estimate of drug-likeness (QED) is 0.873. The van der Waals surface area contributed by atoms with Crippen LogP contribution in [0.25, 0.3) is 0 Å². The molecule has 0 radical (unpaired) electrons. The molecule has 0 fully saturated rings. The Morgan fingerprint density at radius 3 is 2.52 bits per heavy atom. The van der Waals surface area contributed by atoms with Gasteiger partial charge < -0.3 is 10.1 Å². The number of nitrogens with one attached hydrogen (secondary N) is 1. The van der Waals surface area contributed by atoms with Crippen molar-refractivity contribution in [3.8, 4) is 5.75 Å². The first-order valence-electron chi connectivity index (χ1n) is 6.77. The molecule has 0 aliphatic rings. The Morgan fingerprint density at radius 1 is 1.19 bits per heavy atom. The second-order valence-electron chi connectivity index (χ2n) is 4.86. The molecule has 2 aromatic rings. The molecule has 0 atom stereocenters. The summed E-state index contributed by atoms with van der Waals surface area (Å²) in [7, 11) is 1.64. The van der Waals surface area contributed by atoms with Gasteiger partial charge in [-0.15, -0.1) is 0 Å². The van der Waals surface area contributed by atoms with E-state index in [9.17, 15) is 4.79 Å². The van der Waals surface area contributed by atoms with E-state index in [0.29, 0.717) is 12.8 Å². The summed E-state index contributed by atoms with van der Waals surface area (Å²) in [4.78, 5) is 12.0. The molecular weight excluding hydrogens is 330 g/mol. The van der Waals surface area contributed by atoms with Gasteiger partial charge in [-0.2, -0.15) is 0 Å². The first-order chi connectivity index (χ1) is 10.1. The van der Waals surface area contributed by atoms with Gasteiger partial charge in [0.15, 0.2) is 0 Å². The molecule has 0 saturated carbocycles. The van der Waals surface area contributed by atoms with Crippen molar-refractivity contribution in [1.29, 1.82) is 0 Å². The van der Waals surface area contributed by atoms with E-state index in [4.69, 9.17) is 4.74 Å². The average Bonchev–Trinajstić information content (AvgIpc) is 2.49. The fourth-order valence-electron chi connectivity index (χ4n) is 2.00. The predicted octanol–water partition coefficient (Wildman–Crippen LogP) is 4.34. The van der Waals surface area contributed by atoms with Crippen LogP contribution < -0.4 is 10.1 Å². The molecule has 2 aromatic carbocycles. The van der Waals surface area contributed by atoms with Crippen LogP contribution in [0, 0.1) is 6.92 Å². The number of anilines is 1. The van der Waals surface area contributed by atoms with E-state index < -0.39 is 0 Å². The Hall–Kier alpha value is -1.81. The van der Waals surface area contributed by atoms with Crippen LogP contribution in [0.4, 0.5) is 5.69 Å². The van der Waals surface area contributed by atoms with Gasteiger partial charge >= 0.3 is 0 Å². The topological polar surface area (TPSA) is 38.3 Å². The van der Waals surface area contributed by atoms with Gasteiger partial charge in [0.05, 0.1) is 7.11 Å². The van der Waals surface area contributed by atoms with E-state index in [1.807, 2.05) is 49.4 Å². The van der Waals surface area contributed by atoms with Crippen molar-refractivity contribution in [2.24, 2.45) is 0 Å². The van der Waals surface area contributed by atoms with Crippen molar-refractivity contribution in [2.45, 2.75) is 19.8 Å². The third kappa shape index (κ3) is 4.60. The van der Waals surface area contributed by atoms with E-state index in [1.54, 1.807) is 7.11 Å². The molecule has 0 unspecified atom stereocenters. The molecule has 0 aliphatic heterocycles. The van der Waals surface area contributed by atoms with E-state index in [-0.39, 0.29) is 5.91 Å². The van der Waals surface area contributed by atoms with E-state index in [1.165, 1.54) is 0 Å². The van der Waals surface area contributed by atoms with Gasteiger partial charge in [-0.05, 0) is 54.8 Å². The maximum absolute atomic E-state index is 12.0. The van der Waals surface area contributed by atoms with Gasteiger partial charge in [0.25, 0.3) is 0 Å². The third-order valence-corrected chi connectivity index (χ3v) is 4.13. The highest BCUT2D eigenvalue weighted by Gasteiger charge is 2.04. The summed E-state index contributed by atoms with van der Waals surface area (Å²) >= 11 is 3.45. The monoisotopic (exact) mass is 347 g/mol. The maximum Gasteiger partial charge on any atom is 0.224 e. The van der Waals surface area contributed by atoms with Crippen molar-refractivity contribution in [2.75, 3.05) is 12.4 Å². The van der Waals surface area contributed by atoms with Crippen molar-refractivity contribution in [3.05, 3.63) is 58.1 Å². The zero-order valence-corrected chi connectivity index (χ0v) is 13.7. The van der Waals surface area contributed by atoms with Crippen LogP contribution in [0.2, 0.25) is 0 Å². The van der Waals surface area contributed by atoms with Crippen molar-refractivity contribution in [1.82, 2.24) is 0 Å². The predicted molar refractivity (Wildman–Crippen MR) is 88.8 cm³/mol. The number of amides is 1. The lowest BCUT2D eigenvalue weighted by molar-refractivity contribution is -0.116. The molecule has 21 heavy (non-hydrogen) atoms. The largest absolute Gasteiger partial charge is 0.497 e. The number of aryl methyl sites for hydroxylation is 2. The van der Waals surface area contributed by atoms with Crippen molar-refractivity contribution < 1.29 is 9.53 Å². The van der Waals surface area contributed by atoms with Gasteiger partial charge in [0.1, 0.15) is 5.75 Å². The number of hydrogen-bond donors (Lipinski definition) is 1. The number of hydrogen-bond acceptors (Lipinski definition) is 2. The van der Waals surface area contributed by atoms with E-state index in [2.05, 4.69) is 21.2 Å². The molecule has 0 spiro atoms. The first-order valence-corrected chi connectivity index (χ1v) is 7.56.